The second kappa shape index (κ2) is 11.4. The van der Waals surface area contributed by atoms with Crippen LogP contribution in [0.3, 0.4) is 0 Å². The maximum Gasteiger partial charge on any atom is 0.333 e. The number of amides is 1. The van der Waals surface area contributed by atoms with Crippen molar-refractivity contribution in [3.05, 3.63) is 85.3 Å². The predicted octanol–water partition coefficient (Wildman–Crippen LogP) is 2.29. The molecule has 10 heteroatoms. The summed E-state index contributed by atoms with van der Waals surface area (Å²) in [6.07, 6.45) is 2.99. The van der Waals surface area contributed by atoms with Gasteiger partial charge in [0.2, 0.25) is 12.7 Å². The van der Waals surface area contributed by atoms with Crippen LogP contribution in [0.25, 0.3) is 22.9 Å². The zero-order valence-corrected chi connectivity index (χ0v) is 22.2. The molecule has 200 valence electrons. The van der Waals surface area contributed by atoms with Gasteiger partial charge < -0.3 is 24.3 Å². The molecule has 1 N–H and O–H groups in total. The first kappa shape index (κ1) is 26.1. The molecule has 0 spiro atoms. The third-order valence-corrected chi connectivity index (χ3v) is 7.12. The average molecular weight is 547 g/mol. The zero-order chi connectivity index (χ0) is 27.4. The maximum absolute atomic E-state index is 13.4. The summed E-state index contributed by atoms with van der Waals surface area (Å²) in [5.74, 6) is 1.08. The molecule has 0 fully saturated rings. The van der Waals surface area contributed by atoms with Crippen molar-refractivity contribution >= 4 is 46.1 Å². The first-order valence-corrected chi connectivity index (χ1v) is 13.1. The Morgan fingerprint density at radius 1 is 1.05 bits per heavy atom. The predicted molar refractivity (Wildman–Crippen MR) is 147 cm³/mol. The summed E-state index contributed by atoms with van der Waals surface area (Å²) in [5, 5.41) is 4.81. The number of nitrogens with zero attached hydrogens (tertiary/aromatic N) is 1. The van der Waals surface area contributed by atoms with Gasteiger partial charge in [0, 0.05) is 6.54 Å². The van der Waals surface area contributed by atoms with Gasteiger partial charge in [0.25, 0.3) is 5.56 Å². The number of rotatable bonds is 8. The molecule has 39 heavy (non-hydrogen) atoms. The Bertz CT molecular complexity index is 1740. The molecule has 2 heterocycles. The number of carbonyl (C=O) groups excluding carboxylic acids is 2. The van der Waals surface area contributed by atoms with Gasteiger partial charge in [0.15, 0.2) is 11.5 Å². The van der Waals surface area contributed by atoms with E-state index in [1.807, 2.05) is 42.5 Å². The molecular formula is C29H26N2O7S. The minimum Gasteiger partial charge on any atom is -0.497 e. The molecule has 9 nitrogen and oxygen atoms in total. The van der Waals surface area contributed by atoms with E-state index in [4.69, 9.17) is 18.9 Å². The van der Waals surface area contributed by atoms with E-state index in [-0.39, 0.29) is 38.0 Å². The Hall–Kier alpha value is -4.57. The lowest BCUT2D eigenvalue weighted by molar-refractivity contribution is -0.135. The van der Waals surface area contributed by atoms with Crippen molar-refractivity contribution in [2.24, 2.45) is 0 Å². The second-order valence-electron chi connectivity index (χ2n) is 8.67. The lowest BCUT2D eigenvalue weighted by Gasteiger charge is -2.07. The molecule has 1 aliphatic heterocycles. The van der Waals surface area contributed by atoms with Crippen LogP contribution >= 0.6 is 11.3 Å². The highest BCUT2D eigenvalue weighted by Crippen LogP contribution is 2.32. The minimum atomic E-state index is -0.584. The monoisotopic (exact) mass is 546 g/mol. The van der Waals surface area contributed by atoms with Crippen molar-refractivity contribution in [3.8, 4) is 17.2 Å². The van der Waals surface area contributed by atoms with Crippen LogP contribution < -0.4 is 34.3 Å². The molecule has 1 amide bonds. The summed E-state index contributed by atoms with van der Waals surface area (Å²) >= 11 is 1.12. The van der Waals surface area contributed by atoms with Crippen molar-refractivity contribution in [1.29, 1.82) is 0 Å². The van der Waals surface area contributed by atoms with Gasteiger partial charge >= 0.3 is 5.97 Å². The lowest BCUT2D eigenvalue weighted by atomic mass is 10.1. The zero-order valence-electron chi connectivity index (χ0n) is 21.4. The van der Waals surface area contributed by atoms with Gasteiger partial charge in [-0.05, 0) is 65.2 Å². The van der Waals surface area contributed by atoms with E-state index >= 15 is 0 Å². The molecule has 4 aromatic rings. The quantitative estimate of drug-likeness (QED) is 0.338. The van der Waals surface area contributed by atoms with Gasteiger partial charge in [-0.1, -0.05) is 24.3 Å². The molecule has 0 bridgehead atoms. The molecule has 1 aromatic heterocycles. The van der Waals surface area contributed by atoms with E-state index < -0.39 is 5.97 Å². The Balaban J connectivity index is 1.42. The van der Waals surface area contributed by atoms with Gasteiger partial charge in [-0.25, -0.2) is 4.79 Å². The Kier molecular flexibility index (Phi) is 7.64. The first-order chi connectivity index (χ1) is 18.9. The third kappa shape index (κ3) is 5.96. The molecule has 1 aliphatic rings. The van der Waals surface area contributed by atoms with Crippen molar-refractivity contribution in [3.63, 3.8) is 0 Å². The molecule has 0 saturated carbocycles. The number of esters is 1. The summed E-state index contributed by atoms with van der Waals surface area (Å²) < 4.78 is 23.0. The average Bonchev–Trinajstić information content (AvgIpc) is 3.51. The number of benzene rings is 3. The van der Waals surface area contributed by atoms with Gasteiger partial charge in [-0.3, -0.25) is 14.2 Å². The molecule has 5 rings (SSSR count). The molecule has 0 radical (unpaired) electrons. The largest absolute Gasteiger partial charge is 0.497 e. The number of thiazole rings is 1. The normalized spacial score (nSPS) is 13.1. The highest BCUT2D eigenvalue weighted by atomic mass is 32.1. The van der Waals surface area contributed by atoms with Crippen molar-refractivity contribution in [2.75, 3.05) is 20.5 Å². The Labute approximate surface area is 227 Å². The number of carbonyl (C=O) groups is 2. The highest BCUT2D eigenvalue weighted by Gasteiger charge is 2.15. The lowest BCUT2D eigenvalue weighted by Crippen LogP contribution is -2.38. The van der Waals surface area contributed by atoms with Crippen LogP contribution in [0, 0.1) is 0 Å². The van der Waals surface area contributed by atoms with E-state index in [2.05, 4.69) is 5.32 Å². The van der Waals surface area contributed by atoms with Crippen molar-refractivity contribution in [2.45, 2.75) is 20.0 Å². The number of fused-ring (bicyclic) bond motifs is 2. The number of ether oxygens (including phenoxy) is 4. The van der Waals surface area contributed by atoms with Crippen LogP contribution in [0.4, 0.5) is 0 Å². The van der Waals surface area contributed by atoms with Crippen LogP contribution in [0.15, 0.2) is 59.4 Å². The van der Waals surface area contributed by atoms with E-state index in [0.29, 0.717) is 20.7 Å². The molecule has 3 aromatic carbocycles. The van der Waals surface area contributed by atoms with E-state index in [9.17, 15) is 14.4 Å². The summed E-state index contributed by atoms with van der Waals surface area (Å²) in [7, 11) is 1.62. The molecule has 0 saturated heterocycles. The second-order valence-corrected chi connectivity index (χ2v) is 9.74. The van der Waals surface area contributed by atoms with Crippen LogP contribution in [0.5, 0.6) is 17.2 Å². The van der Waals surface area contributed by atoms with Crippen molar-refractivity contribution in [1.82, 2.24) is 9.88 Å². The summed E-state index contributed by atoms with van der Waals surface area (Å²) in [5.41, 5.74) is 1.27. The number of methoxy groups -OCH3 is 1. The third-order valence-electron chi connectivity index (χ3n) is 6.06. The van der Waals surface area contributed by atoms with Gasteiger partial charge in [0.1, 0.15) is 17.0 Å². The van der Waals surface area contributed by atoms with Gasteiger partial charge in [-0.15, -0.1) is 11.3 Å². The molecule has 0 aliphatic carbocycles. The number of aromatic nitrogens is 1. The minimum absolute atomic E-state index is 0.166. The maximum atomic E-state index is 13.4. The number of nitrogens with one attached hydrogen (secondary N) is 1. The number of hydrogen-bond donors (Lipinski definition) is 1. The first-order valence-electron chi connectivity index (χ1n) is 12.3. The highest BCUT2D eigenvalue weighted by molar-refractivity contribution is 7.07. The summed E-state index contributed by atoms with van der Waals surface area (Å²) in [4.78, 5) is 38.4. The van der Waals surface area contributed by atoms with Gasteiger partial charge in [-0.2, -0.15) is 0 Å². The molecular weight excluding hydrogens is 520 g/mol. The standard InChI is InChI=1S/C29H26N2O7S/c1-3-36-28(33)14-27-31(16-26(32)30-15-19-5-9-23-24(11-19)38-17-37-23)29(34)25(39-27)12-18-4-6-21-13-22(35-2)8-7-20(21)10-18/h4-14H,3,15-17H2,1-2H3,(H,30,32)/b25-12+,27-14+. The topological polar surface area (TPSA) is 105 Å². The molecule has 0 atom stereocenters. The summed E-state index contributed by atoms with van der Waals surface area (Å²) in [6, 6.07) is 17.0. The van der Waals surface area contributed by atoms with E-state index in [0.717, 1.165) is 39.0 Å². The number of hydrogen-bond acceptors (Lipinski definition) is 8. The van der Waals surface area contributed by atoms with E-state index in [1.165, 1.54) is 10.6 Å². The smallest absolute Gasteiger partial charge is 0.333 e. The SMILES string of the molecule is CCOC(=O)/C=c1/s/c(=C/c2ccc3cc(OC)ccc3c2)c(=O)n1CC(=O)NCc1ccc2c(c1)OCO2. The van der Waals surface area contributed by atoms with Gasteiger partial charge in [0.05, 0.1) is 24.3 Å². The Morgan fingerprint density at radius 3 is 2.67 bits per heavy atom. The Morgan fingerprint density at radius 2 is 1.85 bits per heavy atom. The van der Waals surface area contributed by atoms with E-state index in [1.54, 1.807) is 32.2 Å². The van der Waals surface area contributed by atoms with Crippen molar-refractivity contribution < 1.29 is 28.5 Å². The fraction of sp³-hybridized carbons (Fsp3) is 0.207. The fourth-order valence-corrected chi connectivity index (χ4v) is 5.17. The van der Waals surface area contributed by atoms with Crippen LogP contribution in [-0.2, 0) is 27.4 Å². The fourth-order valence-electron chi connectivity index (χ4n) is 4.14. The van der Waals surface area contributed by atoms with Crippen LogP contribution in [0.1, 0.15) is 18.1 Å². The summed E-state index contributed by atoms with van der Waals surface area (Å²) in [6.45, 7) is 2.05. The van der Waals surface area contributed by atoms with Crippen LogP contribution in [0.2, 0.25) is 0 Å². The van der Waals surface area contributed by atoms with Crippen LogP contribution in [-0.4, -0.2) is 37.0 Å². The molecule has 0 unspecified atom stereocenters.